The Hall–Kier alpha value is -3.67. The molecule has 3 rings (SSSR count). The molecule has 0 radical (unpaired) electrons. The highest BCUT2D eigenvalue weighted by Gasteiger charge is 2.48. The summed E-state index contributed by atoms with van der Waals surface area (Å²) in [4.78, 5) is 13.2. The van der Waals surface area contributed by atoms with E-state index in [2.05, 4.69) is 0 Å². The van der Waals surface area contributed by atoms with Gasteiger partial charge in [-0.2, -0.15) is 0 Å². The second-order valence-corrected chi connectivity index (χ2v) is 6.55. The molecule has 0 spiro atoms. The van der Waals surface area contributed by atoms with Crippen molar-refractivity contribution in [2.75, 3.05) is 28.4 Å². The molecule has 0 aliphatic heterocycles. The van der Waals surface area contributed by atoms with Crippen molar-refractivity contribution in [1.82, 2.24) is 0 Å². The highest BCUT2D eigenvalue weighted by molar-refractivity contribution is 5.93. The van der Waals surface area contributed by atoms with Crippen molar-refractivity contribution in [1.29, 1.82) is 0 Å². The minimum Gasteiger partial charge on any atom is -0.497 e. The van der Waals surface area contributed by atoms with E-state index in [1.54, 1.807) is 60.7 Å². The van der Waals surface area contributed by atoms with Crippen LogP contribution in [0.5, 0.6) is 23.0 Å². The van der Waals surface area contributed by atoms with E-state index < -0.39 is 11.4 Å². The third-order valence-electron chi connectivity index (χ3n) is 5.15. The van der Waals surface area contributed by atoms with Gasteiger partial charge in [-0.1, -0.05) is 30.3 Å². The zero-order chi connectivity index (χ0) is 21.7. The molecule has 0 bridgehead atoms. The number of hydrogen-bond donors (Lipinski definition) is 1. The number of aliphatic carboxylic acids is 1. The average Bonchev–Trinajstić information content (AvgIpc) is 2.79. The van der Waals surface area contributed by atoms with E-state index in [9.17, 15) is 9.90 Å². The van der Waals surface area contributed by atoms with Crippen LogP contribution in [0.25, 0.3) is 0 Å². The molecule has 0 aliphatic rings. The van der Waals surface area contributed by atoms with Crippen molar-refractivity contribution in [2.24, 2.45) is 0 Å². The van der Waals surface area contributed by atoms with Gasteiger partial charge in [0, 0.05) is 11.1 Å². The van der Waals surface area contributed by atoms with Gasteiger partial charge in [-0.15, -0.1) is 0 Å². The molecule has 0 amide bonds. The summed E-state index contributed by atoms with van der Waals surface area (Å²) in [5.41, 5.74) is -0.291. The number of benzene rings is 3. The van der Waals surface area contributed by atoms with Gasteiger partial charge in [-0.25, -0.2) is 0 Å². The van der Waals surface area contributed by atoms with E-state index in [0.717, 1.165) is 0 Å². The largest absolute Gasteiger partial charge is 0.497 e. The Bertz CT molecular complexity index is 974. The molecule has 30 heavy (non-hydrogen) atoms. The van der Waals surface area contributed by atoms with Crippen LogP contribution in [-0.2, 0) is 10.2 Å². The second-order valence-electron chi connectivity index (χ2n) is 6.55. The Morgan fingerprint density at radius 3 is 1.53 bits per heavy atom. The van der Waals surface area contributed by atoms with Gasteiger partial charge in [-0.05, 0) is 42.0 Å². The fourth-order valence-corrected chi connectivity index (χ4v) is 3.71. The van der Waals surface area contributed by atoms with Gasteiger partial charge in [0.05, 0.1) is 28.4 Å². The van der Waals surface area contributed by atoms with Gasteiger partial charge < -0.3 is 24.1 Å². The summed E-state index contributed by atoms with van der Waals surface area (Å²) in [6.45, 7) is 0. The van der Waals surface area contributed by atoms with Crippen LogP contribution in [0.1, 0.15) is 16.7 Å². The molecule has 3 aromatic carbocycles. The van der Waals surface area contributed by atoms with E-state index >= 15 is 0 Å². The smallest absolute Gasteiger partial charge is 0.323 e. The minimum absolute atomic E-state index is 0.409. The van der Waals surface area contributed by atoms with Crippen molar-refractivity contribution >= 4 is 5.97 Å². The number of carboxylic acid groups (broad SMARTS) is 1. The lowest BCUT2D eigenvalue weighted by atomic mass is 9.68. The Labute approximate surface area is 175 Å². The summed E-state index contributed by atoms with van der Waals surface area (Å²) in [6.07, 6.45) is 0. The molecular formula is C24H24O6. The van der Waals surface area contributed by atoms with E-state index in [1.807, 2.05) is 6.07 Å². The first-order valence-electron chi connectivity index (χ1n) is 9.26. The number of methoxy groups -OCH3 is 4. The molecule has 0 saturated carbocycles. The van der Waals surface area contributed by atoms with Crippen LogP contribution in [0, 0.1) is 0 Å². The quantitative estimate of drug-likeness (QED) is 0.565. The summed E-state index contributed by atoms with van der Waals surface area (Å²) in [7, 11) is 6.07. The molecule has 3 aromatic rings. The van der Waals surface area contributed by atoms with Crippen LogP contribution >= 0.6 is 0 Å². The minimum atomic E-state index is -1.65. The molecule has 6 nitrogen and oxygen atoms in total. The SMILES string of the molecule is COc1ccc(OC)c(C(C(=O)O)(c2ccccc2)c2cc(OC)ccc2OC)c1. The van der Waals surface area contributed by atoms with Gasteiger partial charge in [0.2, 0.25) is 0 Å². The van der Waals surface area contributed by atoms with E-state index in [4.69, 9.17) is 18.9 Å². The maximum Gasteiger partial charge on any atom is 0.323 e. The average molecular weight is 408 g/mol. The lowest BCUT2D eigenvalue weighted by Gasteiger charge is -2.34. The van der Waals surface area contributed by atoms with Crippen molar-refractivity contribution in [3.63, 3.8) is 0 Å². The predicted octanol–water partition coefficient (Wildman–Crippen LogP) is 4.14. The fraction of sp³-hybridized carbons (Fsp3) is 0.208. The molecule has 0 aromatic heterocycles. The number of ether oxygens (including phenoxy) is 4. The number of carbonyl (C=O) groups is 1. The lowest BCUT2D eigenvalue weighted by Crippen LogP contribution is -2.39. The molecule has 0 fully saturated rings. The van der Waals surface area contributed by atoms with Crippen LogP contribution < -0.4 is 18.9 Å². The molecule has 0 atom stereocenters. The third-order valence-corrected chi connectivity index (χ3v) is 5.15. The van der Waals surface area contributed by atoms with Crippen LogP contribution in [-0.4, -0.2) is 39.5 Å². The topological polar surface area (TPSA) is 74.2 Å². The highest BCUT2D eigenvalue weighted by atomic mass is 16.5. The standard InChI is InChI=1S/C24H24O6/c1-27-17-10-12-21(29-3)19(14-17)24(23(25)26,16-8-6-5-7-9-16)20-15-18(28-2)11-13-22(20)30-4/h5-15H,1-4H3,(H,25,26). The maximum atomic E-state index is 13.2. The maximum absolute atomic E-state index is 13.2. The molecule has 0 heterocycles. The third kappa shape index (κ3) is 3.41. The normalized spacial score (nSPS) is 10.9. The van der Waals surface area contributed by atoms with Crippen LogP contribution in [0.2, 0.25) is 0 Å². The monoisotopic (exact) mass is 408 g/mol. The first kappa shape index (κ1) is 21.0. The zero-order valence-corrected chi connectivity index (χ0v) is 17.3. The molecule has 6 heteroatoms. The predicted molar refractivity (Wildman–Crippen MR) is 113 cm³/mol. The Kier molecular flexibility index (Phi) is 6.16. The summed E-state index contributed by atoms with van der Waals surface area (Å²) in [5.74, 6) is 0.745. The molecule has 0 aliphatic carbocycles. The summed E-state index contributed by atoms with van der Waals surface area (Å²) < 4.78 is 22.0. The van der Waals surface area contributed by atoms with Crippen molar-refractivity contribution < 1.29 is 28.8 Å². The van der Waals surface area contributed by atoms with E-state index in [1.165, 1.54) is 28.4 Å². The Morgan fingerprint density at radius 2 is 1.17 bits per heavy atom. The number of carboxylic acids is 1. The zero-order valence-electron chi connectivity index (χ0n) is 17.3. The van der Waals surface area contributed by atoms with Gasteiger partial charge in [0.25, 0.3) is 0 Å². The summed E-state index contributed by atoms with van der Waals surface area (Å²) >= 11 is 0. The van der Waals surface area contributed by atoms with Crippen molar-refractivity contribution in [2.45, 2.75) is 5.41 Å². The molecular weight excluding hydrogens is 384 g/mol. The van der Waals surface area contributed by atoms with Crippen LogP contribution in [0.15, 0.2) is 66.7 Å². The Balaban J connectivity index is 2.53. The fourth-order valence-electron chi connectivity index (χ4n) is 3.71. The molecule has 156 valence electrons. The van der Waals surface area contributed by atoms with E-state index in [-0.39, 0.29) is 0 Å². The van der Waals surface area contributed by atoms with Crippen LogP contribution in [0.4, 0.5) is 0 Å². The molecule has 0 saturated heterocycles. The van der Waals surface area contributed by atoms with Gasteiger partial charge in [-0.3, -0.25) is 4.79 Å². The summed E-state index contributed by atoms with van der Waals surface area (Å²) in [6, 6.07) is 19.2. The van der Waals surface area contributed by atoms with Gasteiger partial charge in [0.15, 0.2) is 0 Å². The van der Waals surface area contributed by atoms with Crippen molar-refractivity contribution in [3.8, 4) is 23.0 Å². The second kappa shape index (κ2) is 8.78. The summed E-state index contributed by atoms with van der Waals surface area (Å²) in [5, 5.41) is 10.8. The van der Waals surface area contributed by atoms with Gasteiger partial charge >= 0.3 is 5.97 Å². The molecule has 1 N–H and O–H groups in total. The highest BCUT2D eigenvalue weighted by Crippen LogP contribution is 2.48. The lowest BCUT2D eigenvalue weighted by molar-refractivity contribution is -0.140. The van der Waals surface area contributed by atoms with E-state index in [0.29, 0.717) is 39.7 Å². The first-order chi connectivity index (χ1) is 14.5. The van der Waals surface area contributed by atoms with Gasteiger partial charge in [0.1, 0.15) is 28.4 Å². The number of hydrogen-bond acceptors (Lipinski definition) is 5. The first-order valence-corrected chi connectivity index (χ1v) is 9.26. The molecule has 0 unspecified atom stereocenters. The van der Waals surface area contributed by atoms with Crippen molar-refractivity contribution in [3.05, 3.63) is 83.4 Å². The number of rotatable bonds is 8. The van der Waals surface area contributed by atoms with Crippen LogP contribution in [0.3, 0.4) is 0 Å². The Morgan fingerprint density at radius 1 is 0.700 bits per heavy atom.